The van der Waals surface area contributed by atoms with Gasteiger partial charge in [-0.2, -0.15) is 0 Å². The molecule has 0 saturated carbocycles. The average Bonchev–Trinajstić information content (AvgIpc) is 3.45. The molecule has 7 fully saturated rings. The Morgan fingerprint density at radius 1 is 0.400 bits per heavy atom. The Kier molecular flexibility index (Phi) is 23.1. The lowest BCUT2D eigenvalue weighted by Gasteiger charge is -2.51. The highest BCUT2D eigenvalue weighted by Crippen LogP contribution is 2.38. The minimum Gasteiger partial charge on any atom is -0.394 e. The largest absolute Gasteiger partial charge is 0.394 e. The second kappa shape index (κ2) is 28.3. The standard InChI is InChI=1S/C45H76N2O33/c1-11-22(55)28(61)33(66)43(71-11)76-35-14(46-12(2)52)8-68-18(6-50)37(35)78-40-21(47-13(3)53)27(60)36(19(7-51)74-40)77-45-39(80-42-31(64)23(56)15(54)9-69-42)38(79-44-34(67)30(63)25(58)17(5-49)73-44)26(59)20(75-45)10-70-41-32(65)29(62)24(57)16(4-48)72-41/h11,14-45,48-51,54-67H,4-10H2,1-3H3,(H,46,52)(H,47,53)/t11-,14-,15+,16+,17+,18+,19+,20+,21+,22+,23-,24+,25+,26+,27+,28+,29-,30-,31+,32-,33-,34-,35+,36+,37+,38-,39-,40-,41-,42-,43-,44+,45-/m0/s1. The zero-order valence-corrected chi connectivity index (χ0v) is 43.2. The maximum Gasteiger partial charge on any atom is 0.217 e. The molecule has 7 heterocycles. The predicted octanol–water partition coefficient (Wildman–Crippen LogP) is -13.6. The average molecular weight is 1170 g/mol. The summed E-state index contributed by atoms with van der Waals surface area (Å²) in [6, 6.07) is -3.02. The van der Waals surface area contributed by atoms with Gasteiger partial charge in [-0.05, 0) is 6.92 Å². The Labute approximate surface area is 454 Å². The van der Waals surface area contributed by atoms with Crippen LogP contribution in [0.4, 0.5) is 0 Å². The highest BCUT2D eigenvalue weighted by Gasteiger charge is 2.59. The number of amides is 2. The highest BCUT2D eigenvalue weighted by atomic mass is 16.8. The van der Waals surface area contributed by atoms with Crippen molar-refractivity contribution in [2.24, 2.45) is 0 Å². The molecule has 0 spiro atoms. The van der Waals surface area contributed by atoms with Crippen molar-refractivity contribution < 1.29 is 163 Å². The van der Waals surface area contributed by atoms with Crippen molar-refractivity contribution in [3.63, 3.8) is 0 Å². The molecule has 0 aromatic heterocycles. The van der Waals surface area contributed by atoms with E-state index in [1.165, 1.54) is 6.92 Å². The number of ether oxygens (including phenoxy) is 13. The van der Waals surface area contributed by atoms with E-state index in [9.17, 15) is 102 Å². The van der Waals surface area contributed by atoms with Gasteiger partial charge in [0.25, 0.3) is 0 Å². The number of hydrogen-bond donors (Lipinski definition) is 20. The van der Waals surface area contributed by atoms with Crippen LogP contribution in [0.5, 0.6) is 0 Å². The maximum absolute atomic E-state index is 13.0. The summed E-state index contributed by atoms with van der Waals surface area (Å²) in [5, 5.41) is 199. The molecule has 33 atom stereocenters. The summed E-state index contributed by atoms with van der Waals surface area (Å²) in [5.41, 5.74) is 0. The van der Waals surface area contributed by atoms with E-state index in [2.05, 4.69) is 10.6 Å². The predicted molar refractivity (Wildman–Crippen MR) is 246 cm³/mol. The first-order valence-electron chi connectivity index (χ1n) is 25.8. The van der Waals surface area contributed by atoms with E-state index in [-0.39, 0.29) is 6.61 Å². The second-order valence-electron chi connectivity index (χ2n) is 20.5. The van der Waals surface area contributed by atoms with Crippen molar-refractivity contribution >= 4 is 11.8 Å². The van der Waals surface area contributed by atoms with E-state index in [4.69, 9.17) is 61.6 Å². The quantitative estimate of drug-likeness (QED) is 0.0571. The van der Waals surface area contributed by atoms with E-state index in [1.807, 2.05) is 0 Å². The molecule has 464 valence electrons. The Bertz CT molecular complexity index is 1950. The Balaban J connectivity index is 1.25. The van der Waals surface area contributed by atoms with Crippen LogP contribution in [0.15, 0.2) is 0 Å². The molecular weight excluding hydrogens is 1100 g/mol. The van der Waals surface area contributed by atoms with Gasteiger partial charge >= 0.3 is 0 Å². The van der Waals surface area contributed by atoms with E-state index in [0.29, 0.717) is 0 Å². The molecule has 7 aliphatic heterocycles. The van der Waals surface area contributed by atoms with Crippen LogP contribution in [0.2, 0.25) is 0 Å². The Morgan fingerprint density at radius 3 is 1.46 bits per heavy atom. The van der Waals surface area contributed by atoms with Crippen LogP contribution in [0.25, 0.3) is 0 Å². The third-order valence-corrected chi connectivity index (χ3v) is 14.8. The molecule has 35 nitrogen and oxygen atoms in total. The van der Waals surface area contributed by atoms with Gasteiger partial charge in [0.15, 0.2) is 37.7 Å². The van der Waals surface area contributed by atoms with Crippen molar-refractivity contribution in [2.45, 2.75) is 223 Å². The third-order valence-electron chi connectivity index (χ3n) is 14.8. The van der Waals surface area contributed by atoms with E-state index in [1.54, 1.807) is 0 Å². The fraction of sp³-hybridized carbons (Fsp3) is 0.956. The first kappa shape index (κ1) is 65.2. The fourth-order valence-electron chi connectivity index (χ4n) is 10.3. The summed E-state index contributed by atoms with van der Waals surface area (Å²) in [5.74, 6) is -1.50. The SMILES string of the molecule is CC(=O)N[C@H]1[C@H](O[C@H]2[C@H](O[C@@H]3O[C@@H](C)[C@@H](O)[C@@H](O)[C@@H]3O)[C@@H](NC(C)=O)CO[C@@H]2CO)O[C@H](CO)[C@@H](O[C@@H]2O[C@H](CO[C@H]3O[C@H](CO)[C@@H](O)[C@H](O)[C@@H]3O)[C@@H](O)[C@H](O[C@H]3O[C@H](CO)[C@@H](O)[C@H](O)[C@@H]3O)[C@@H]2O[C@@H]2OC[C@@H](O)[C@H](O)[C@H]2O)[C@@H]1O. The second-order valence-corrected chi connectivity index (χ2v) is 20.5. The minimum atomic E-state index is -2.23. The molecule has 0 bridgehead atoms. The number of carbonyl (C=O) groups excluding carboxylic acids is 2. The molecule has 0 radical (unpaired) electrons. The Morgan fingerprint density at radius 2 is 0.875 bits per heavy atom. The topological polar surface area (TPSA) is 542 Å². The van der Waals surface area contributed by atoms with Gasteiger partial charge in [0.05, 0.1) is 58.4 Å². The van der Waals surface area contributed by atoms with Gasteiger partial charge in [-0.3, -0.25) is 9.59 Å². The first-order valence-corrected chi connectivity index (χ1v) is 25.8. The summed E-state index contributed by atoms with van der Waals surface area (Å²) >= 11 is 0. The number of carbonyl (C=O) groups is 2. The normalized spacial score (nSPS) is 50.4. The van der Waals surface area contributed by atoms with Gasteiger partial charge < -0.3 is 164 Å². The molecule has 7 saturated heterocycles. The summed E-state index contributed by atoms with van der Waals surface area (Å²) in [7, 11) is 0. The van der Waals surface area contributed by atoms with E-state index < -0.39 is 254 Å². The van der Waals surface area contributed by atoms with Crippen LogP contribution in [0.3, 0.4) is 0 Å². The van der Waals surface area contributed by atoms with Crippen LogP contribution in [-0.4, -0.2) is 352 Å². The van der Waals surface area contributed by atoms with Gasteiger partial charge in [0.1, 0.15) is 153 Å². The molecule has 35 heteroatoms. The summed E-state index contributed by atoms with van der Waals surface area (Å²) < 4.78 is 77.0. The Hall–Kier alpha value is -2.30. The zero-order valence-electron chi connectivity index (χ0n) is 43.2. The van der Waals surface area contributed by atoms with Crippen LogP contribution >= 0.6 is 0 Å². The highest BCUT2D eigenvalue weighted by molar-refractivity contribution is 5.73. The number of hydrogen-bond acceptors (Lipinski definition) is 33. The maximum atomic E-state index is 13.0. The van der Waals surface area contributed by atoms with Crippen molar-refractivity contribution in [1.82, 2.24) is 10.6 Å². The van der Waals surface area contributed by atoms with Gasteiger partial charge in [-0.1, -0.05) is 0 Å². The third kappa shape index (κ3) is 14.2. The summed E-state index contributed by atoms with van der Waals surface area (Å²) in [6.45, 7) is -2.31. The fourth-order valence-corrected chi connectivity index (χ4v) is 10.3. The molecule has 0 aromatic carbocycles. The van der Waals surface area contributed by atoms with Crippen LogP contribution in [0, 0.1) is 0 Å². The van der Waals surface area contributed by atoms with Gasteiger partial charge in [0, 0.05) is 13.8 Å². The molecule has 0 aliphatic carbocycles. The molecule has 20 N–H and O–H groups in total. The first-order chi connectivity index (χ1) is 37.8. The lowest BCUT2D eigenvalue weighted by atomic mass is 9.93. The molecule has 80 heavy (non-hydrogen) atoms. The number of nitrogens with one attached hydrogen (secondary N) is 2. The molecular formula is C45H76N2O33. The molecule has 0 unspecified atom stereocenters. The van der Waals surface area contributed by atoms with Crippen LogP contribution in [-0.2, 0) is 71.2 Å². The van der Waals surface area contributed by atoms with E-state index in [0.717, 1.165) is 13.8 Å². The number of aliphatic hydroxyl groups is 18. The zero-order chi connectivity index (χ0) is 58.8. The van der Waals surface area contributed by atoms with Crippen molar-refractivity contribution in [3.05, 3.63) is 0 Å². The smallest absolute Gasteiger partial charge is 0.217 e. The molecule has 7 rings (SSSR count). The number of aliphatic hydroxyl groups excluding tert-OH is 18. The monoisotopic (exact) mass is 1170 g/mol. The van der Waals surface area contributed by atoms with Crippen molar-refractivity contribution in [2.75, 3.05) is 46.2 Å². The summed E-state index contributed by atoms with van der Waals surface area (Å²) in [6.07, 6.45) is -58.2. The minimum absolute atomic E-state index is 0.366. The molecule has 7 aliphatic rings. The van der Waals surface area contributed by atoms with Crippen LogP contribution in [0.1, 0.15) is 20.8 Å². The van der Waals surface area contributed by atoms with Gasteiger partial charge in [-0.25, -0.2) is 0 Å². The lowest BCUT2D eigenvalue weighted by Crippen LogP contribution is -2.71. The van der Waals surface area contributed by atoms with E-state index >= 15 is 0 Å². The van der Waals surface area contributed by atoms with Crippen molar-refractivity contribution in [1.29, 1.82) is 0 Å². The molecule has 2 amide bonds. The van der Waals surface area contributed by atoms with Crippen LogP contribution < -0.4 is 10.6 Å². The molecule has 0 aromatic rings. The summed E-state index contributed by atoms with van der Waals surface area (Å²) in [4.78, 5) is 25.5. The van der Waals surface area contributed by atoms with Gasteiger partial charge in [0.2, 0.25) is 11.8 Å². The number of rotatable bonds is 19. The van der Waals surface area contributed by atoms with Gasteiger partial charge in [-0.15, -0.1) is 0 Å². The van der Waals surface area contributed by atoms with Crippen molar-refractivity contribution in [3.8, 4) is 0 Å². The lowest BCUT2D eigenvalue weighted by molar-refractivity contribution is -0.404.